The molecule has 5 rings (SSSR count). The lowest BCUT2D eigenvalue weighted by Gasteiger charge is -2.32. The molecule has 1 fully saturated rings. The number of halogens is 1. The maximum Gasteiger partial charge on any atom is 0.239 e. The molecule has 3 aromatic rings. The van der Waals surface area contributed by atoms with Crippen molar-refractivity contribution in [3.63, 3.8) is 0 Å². The monoisotopic (exact) mass is 481 g/mol. The molecule has 1 saturated heterocycles. The van der Waals surface area contributed by atoms with Gasteiger partial charge in [-0.05, 0) is 43.5 Å². The first-order valence-corrected chi connectivity index (χ1v) is 11.9. The molecule has 8 nitrogen and oxygen atoms in total. The maximum atomic E-state index is 12.8. The summed E-state index contributed by atoms with van der Waals surface area (Å²) >= 11 is 6.10. The number of carbonyl (C=O) groups is 1. The summed E-state index contributed by atoms with van der Waals surface area (Å²) in [6.07, 6.45) is 7.79. The molecule has 1 amide bonds. The fraction of sp³-hybridized carbons (Fsp3) is 0.360. The maximum absolute atomic E-state index is 12.8. The molecule has 0 radical (unpaired) electrons. The normalized spacial score (nSPS) is 18.6. The predicted octanol–water partition coefficient (Wildman–Crippen LogP) is 4.43. The van der Waals surface area contributed by atoms with Crippen LogP contribution in [0.3, 0.4) is 0 Å². The van der Waals surface area contributed by atoms with Crippen molar-refractivity contribution in [3.05, 3.63) is 47.3 Å². The Kier molecular flexibility index (Phi) is 6.34. The first-order valence-electron chi connectivity index (χ1n) is 11.6. The highest BCUT2D eigenvalue weighted by atomic mass is 35.5. The van der Waals surface area contributed by atoms with Gasteiger partial charge in [-0.1, -0.05) is 24.1 Å². The molecule has 0 unspecified atom stereocenters. The van der Waals surface area contributed by atoms with Gasteiger partial charge in [0.2, 0.25) is 5.91 Å². The summed E-state index contributed by atoms with van der Waals surface area (Å²) in [4.78, 5) is 22.6. The van der Waals surface area contributed by atoms with Crippen LogP contribution in [0.4, 0.5) is 11.4 Å². The molecule has 34 heavy (non-hydrogen) atoms. The fourth-order valence-corrected chi connectivity index (χ4v) is 4.89. The number of nitrogens with zero attached hydrogens (tertiary/aromatic N) is 2. The van der Waals surface area contributed by atoms with Crippen molar-refractivity contribution in [1.82, 2.24) is 20.2 Å². The number of phenolic OH excluding ortho intramolecular Hbond substituents is 1. The number of pyridine rings is 1. The second-order valence-electron chi connectivity index (χ2n) is 8.70. The Balaban J connectivity index is 1.36. The third kappa shape index (κ3) is 4.43. The van der Waals surface area contributed by atoms with Gasteiger partial charge in [0.25, 0.3) is 0 Å². The van der Waals surface area contributed by atoms with E-state index in [2.05, 4.69) is 32.7 Å². The van der Waals surface area contributed by atoms with Gasteiger partial charge in [0, 0.05) is 42.5 Å². The first kappa shape index (κ1) is 22.6. The summed E-state index contributed by atoms with van der Waals surface area (Å²) in [5, 5.41) is 18.2. The number of carbonyl (C=O) groups excluding carboxylic acids is 1. The number of fused-ring (bicyclic) bond motifs is 1. The van der Waals surface area contributed by atoms with Crippen LogP contribution in [-0.2, 0) is 4.79 Å². The van der Waals surface area contributed by atoms with E-state index in [1.807, 2.05) is 11.0 Å². The minimum Gasteiger partial charge on any atom is -0.506 e. The zero-order valence-electron chi connectivity index (χ0n) is 19.0. The highest BCUT2D eigenvalue weighted by Gasteiger charge is 2.27. The number of hydrogen-bond acceptors (Lipinski definition) is 6. The van der Waals surface area contributed by atoms with Gasteiger partial charge in [0.05, 0.1) is 29.5 Å². The van der Waals surface area contributed by atoms with Crippen LogP contribution in [0.25, 0.3) is 16.6 Å². The molecule has 178 valence electrons. The second kappa shape index (κ2) is 9.56. The Morgan fingerprint density at radius 1 is 1.29 bits per heavy atom. The van der Waals surface area contributed by atoms with E-state index >= 15 is 0 Å². The number of hydrogen-bond donors (Lipinski definition) is 4. The Morgan fingerprint density at radius 2 is 2.18 bits per heavy atom. The molecule has 4 N–H and O–H groups in total. The van der Waals surface area contributed by atoms with Crippen molar-refractivity contribution in [1.29, 1.82) is 0 Å². The van der Waals surface area contributed by atoms with Gasteiger partial charge in [-0.25, -0.2) is 4.98 Å². The summed E-state index contributed by atoms with van der Waals surface area (Å²) in [5.41, 5.74) is 4.17. The summed E-state index contributed by atoms with van der Waals surface area (Å²) in [5.74, 6) is 0.702. The van der Waals surface area contributed by atoms with Crippen LogP contribution in [-0.4, -0.2) is 58.7 Å². The van der Waals surface area contributed by atoms with E-state index in [1.165, 1.54) is 18.7 Å². The van der Waals surface area contributed by atoms with E-state index in [0.29, 0.717) is 29.5 Å². The van der Waals surface area contributed by atoms with Crippen LogP contribution in [0.5, 0.6) is 11.5 Å². The number of anilines is 2. The fourth-order valence-electron chi connectivity index (χ4n) is 4.65. The second-order valence-corrected chi connectivity index (χ2v) is 9.11. The van der Waals surface area contributed by atoms with Crippen molar-refractivity contribution in [3.8, 4) is 11.5 Å². The molecule has 1 aromatic carbocycles. The number of ether oxygens (including phenoxy) is 1. The lowest BCUT2D eigenvalue weighted by molar-refractivity contribution is -0.133. The number of aromatic amines is 1. The Hall–Kier alpha value is -3.23. The van der Waals surface area contributed by atoms with Gasteiger partial charge in [0.15, 0.2) is 0 Å². The minimum atomic E-state index is -0.0440. The standard InChI is InChI=1S/C25H28ClN5O3/c1-34-23-14-21(22(32)13-17(23)26)29-18-5-9-28-24-16(18)12-20(30-24)15-6-10-31(11-7-15)25(33)19-4-2-3-8-27-19/h5-6,9,12-14,19,27,32H,2-4,7-8,10-11H2,1H3,(H2,28,29,30)/t19-/m1/s1. The lowest BCUT2D eigenvalue weighted by atomic mass is 10.0. The van der Waals surface area contributed by atoms with Crippen molar-refractivity contribution in [2.75, 3.05) is 32.1 Å². The molecule has 2 aliphatic heterocycles. The van der Waals surface area contributed by atoms with Gasteiger partial charge < -0.3 is 30.4 Å². The summed E-state index contributed by atoms with van der Waals surface area (Å²) in [7, 11) is 1.53. The third-order valence-corrected chi connectivity index (χ3v) is 6.84. The van der Waals surface area contributed by atoms with E-state index < -0.39 is 0 Å². The van der Waals surface area contributed by atoms with E-state index in [-0.39, 0.29) is 17.7 Å². The number of aromatic hydroxyl groups is 1. The zero-order chi connectivity index (χ0) is 23.7. The Labute approximate surface area is 203 Å². The minimum absolute atomic E-state index is 0.0266. The van der Waals surface area contributed by atoms with Crippen molar-refractivity contribution in [2.45, 2.75) is 31.7 Å². The summed E-state index contributed by atoms with van der Waals surface area (Å²) in [6, 6.07) is 6.98. The number of H-pyrrole nitrogens is 1. The topological polar surface area (TPSA) is 103 Å². The first-order chi connectivity index (χ1) is 16.5. The van der Waals surface area contributed by atoms with E-state index in [0.717, 1.165) is 54.6 Å². The number of rotatable bonds is 5. The molecular weight excluding hydrogens is 454 g/mol. The summed E-state index contributed by atoms with van der Waals surface area (Å²) < 4.78 is 5.27. The average Bonchev–Trinajstić information content (AvgIpc) is 3.31. The van der Waals surface area contributed by atoms with Crippen LogP contribution in [0.1, 0.15) is 31.4 Å². The molecule has 1 atom stereocenters. The quantitative estimate of drug-likeness (QED) is 0.402. The highest BCUT2D eigenvalue weighted by molar-refractivity contribution is 6.32. The predicted molar refractivity (Wildman–Crippen MR) is 134 cm³/mol. The zero-order valence-corrected chi connectivity index (χ0v) is 19.8. The van der Waals surface area contributed by atoms with Crippen LogP contribution < -0.4 is 15.4 Å². The van der Waals surface area contributed by atoms with Crippen LogP contribution >= 0.6 is 11.6 Å². The number of amides is 1. The van der Waals surface area contributed by atoms with Crippen molar-refractivity contribution in [2.24, 2.45) is 0 Å². The molecule has 0 spiro atoms. The molecule has 2 aliphatic rings. The van der Waals surface area contributed by atoms with Crippen molar-refractivity contribution < 1.29 is 14.6 Å². The van der Waals surface area contributed by atoms with Gasteiger partial charge in [0.1, 0.15) is 17.1 Å². The van der Waals surface area contributed by atoms with Gasteiger partial charge >= 0.3 is 0 Å². The molecule has 2 aromatic heterocycles. The number of methoxy groups -OCH3 is 1. The number of nitrogens with one attached hydrogen (secondary N) is 3. The highest BCUT2D eigenvalue weighted by Crippen LogP contribution is 2.38. The van der Waals surface area contributed by atoms with E-state index in [4.69, 9.17) is 16.3 Å². The van der Waals surface area contributed by atoms with Gasteiger partial charge in [-0.15, -0.1) is 0 Å². The number of piperidine rings is 1. The largest absolute Gasteiger partial charge is 0.506 e. The summed E-state index contributed by atoms with van der Waals surface area (Å²) in [6.45, 7) is 2.23. The van der Waals surface area contributed by atoms with Crippen molar-refractivity contribution >= 4 is 45.5 Å². The molecule has 9 heteroatoms. The SMILES string of the molecule is COc1cc(Nc2ccnc3[nH]c(C4=CCN(C(=O)[C@H]5CCCCN5)CC4)cc23)c(O)cc1Cl. The number of aromatic nitrogens is 2. The molecular formula is C25H28ClN5O3. The van der Waals surface area contributed by atoms with E-state index in [1.54, 1.807) is 12.3 Å². The Bertz CT molecular complexity index is 1250. The van der Waals surface area contributed by atoms with Crippen LogP contribution in [0.2, 0.25) is 5.02 Å². The van der Waals surface area contributed by atoms with Gasteiger partial charge in [-0.3, -0.25) is 4.79 Å². The van der Waals surface area contributed by atoms with Crippen LogP contribution in [0, 0.1) is 0 Å². The molecule has 0 bridgehead atoms. The number of benzene rings is 1. The molecule has 0 saturated carbocycles. The Morgan fingerprint density at radius 3 is 2.91 bits per heavy atom. The average molecular weight is 482 g/mol. The lowest BCUT2D eigenvalue weighted by Crippen LogP contribution is -2.49. The van der Waals surface area contributed by atoms with Gasteiger partial charge in [-0.2, -0.15) is 0 Å². The smallest absolute Gasteiger partial charge is 0.239 e. The van der Waals surface area contributed by atoms with E-state index in [9.17, 15) is 9.90 Å². The number of phenols is 1. The molecule has 0 aliphatic carbocycles. The van der Waals surface area contributed by atoms with Crippen LogP contribution in [0.15, 0.2) is 36.5 Å². The molecule has 4 heterocycles. The third-order valence-electron chi connectivity index (χ3n) is 6.55.